The number of rotatable bonds is 4. The molecule has 0 unspecified atom stereocenters. The molecule has 2 aliphatic heterocycles. The summed E-state index contributed by atoms with van der Waals surface area (Å²) in [4.78, 5) is 14.5. The van der Waals surface area contributed by atoms with Crippen LogP contribution < -0.4 is 10.6 Å². The smallest absolute Gasteiger partial charge is 0.228 e. The molecule has 0 radical (unpaired) electrons. The van der Waals surface area contributed by atoms with E-state index in [1.165, 1.54) is 61.3 Å². The number of hydrogen-bond donors (Lipinski definition) is 1. The first-order valence-electron chi connectivity index (χ1n) is 12.6. The number of hydrogen-bond acceptors (Lipinski definition) is 6. The van der Waals surface area contributed by atoms with Crippen LogP contribution in [0.1, 0.15) is 32.1 Å². The molecule has 2 saturated heterocycles. The molecule has 2 fully saturated rings. The first-order chi connectivity index (χ1) is 17.6. The third-order valence-electron chi connectivity index (χ3n) is 7.36. The Balaban J connectivity index is 1.40. The SMILES string of the molecule is Nc1c2c(-c3cccc(F)c3)nc(N3CCC(N4CCCCC4)CC3)nc2nn1-c1cccc(F)c1. The second-order valence-electron chi connectivity index (χ2n) is 9.67. The lowest BCUT2D eigenvalue weighted by Crippen LogP contribution is -2.47. The summed E-state index contributed by atoms with van der Waals surface area (Å²) in [5.41, 5.74) is 8.52. The lowest BCUT2D eigenvalue weighted by atomic mass is 10.00. The summed E-state index contributed by atoms with van der Waals surface area (Å²) in [6.45, 7) is 4.06. The monoisotopic (exact) mass is 489 g/mol. The average Bonchev–Trinajstić information content (AvgIpc) is 3.25. The standard InChI is InChI=1S/C27H29F2N7/c28-19-7-4-6-18(16-19)24-23-25(30)36(22-9-5-8-20(29)17-22)33-26(23)32-27(31-24)35-14-10-21(11-15-35)34-12-2-1-3-13-34/h4-9,16-17,21H,1-3,10-15,30H2. The second-order valence-corrected chi connectivity index (χ2v) is 9.67. The largest absolute Gasteiger partial charge is 0.383 e. The number of piperidine rings is 2. The van der Waals surface area contributed by atoms with E-state index in [4.69, 9.17) is 15.7 Å². The third kappa shape index (κ3) is 4.28. The molecule has 6 rings (SSSR count). The minimum atomic E-state index is -0.389. The summed E-state index contributed by atoms with van der Waals surface area (Å²) < 4.78 is 29.6. The van der Waals surface area contributed by atoms with Crippen LogP contribution in [0.15, 0.2) is 48.5 Å². The molecule has 0 atom stereocenters. The lowest BCUT2D eigenvalue weighted by Gasteiger charge is -2.40. The molecule has 0 amide bonds. The normalized spacial score (nSPS) is 17.7. The van der Waals surface area contributed by atoms with Crippen molar-refractivity contribution in [3.05, 3.63) is 60.2 Å². The molecule has 4 aromatic rings. The Morgan fingerprint density at radius 2 is 1.56 bits per heavy atom. The van der Waals surface area contributed by atoms with Crippen LogP contribution in [-0.2, 0) is 0 Å². The quantitative estimate of drug-likeness (QED) is 0.444. The van der Waals surface area contributed by atoms with Crippen molar-refractivity contribution in [1.29, 1.82) is 0 Å². The van der Waals surface area contributed by atoms with Crippen LogP contribution in [0.3, 0.4) is 0 Å². The van der Waals surface area contributed by atoms with Gasteiger partial charge in [-0.15, -0.1) is 5.10 Å². The molecular weight excluding hydrogens is 460 g/mol. The van der Waals surface area contributed by atoms with Crippen molar-refractivity contribution in [3.8, 4) is 16.9 Å². The van der Waals surface area contributed by atoms with Gasteiger partial charge in [0.2, 0.25) is 5.95 Å². The van der Waals surface area contributed by atoms with E-state index in [0.29, 0.717) is 40.0 Å². The summed E-state index contributed by atoms with van der Waals surface area (Å²) in [5, 5.41) is 5.15. The van der Waals surface area contributed by atoms with Crippen molar-refractivity contribution in [1.82, 2.24) is 24.6 Å². The second kappa shape index (κ2) is 9.46. The number of nitrogens with two attached hydrogens (primary N) is 1. The number of benzene rings is 2. The van der Waals surface area contributed by atoms with Gasteiger partial charge in [-0.2, -0.15) is 4.98 Å². The molecule has 9 heteroatoms. The summed E-state index contributed by atoms with van der Waals surface area (Å²) in [5.74, 6) is 0.0902. The van der Waals surface area contributed by atoms with Crippen molar-refractivity contribution in [2.75, 3.05) is 36.8 Å². The molecule has 2 aromatic heterocycles. The van der Waals surface area contributed by atoms with E-state index in [1.807, 2.05) is 0 Å². The maximum absolute atomic E-state index is 14.2. The maximum atomic E-state index is 14.2. The lowest BCUT2D eigenvalue weighted by molar-refractivity contribution is 0.141. The summed E-state index contributed by atoms with van der Waals surface area (Å²) in [6, 6.07) is 12.9. The zero-order valence-corrected chi connectivity index (χ0v) is 20.1. The molecule has 186 valence electrons. The maximum Gasteiger partial charge on any atom is 0.228 e. The Morgan fingerprint density at radius 3 is 2.28 bits per heavy atom. The van der Waals surface area contributed by atoms with Gasteiger partial charge in [0.05, 0.1) is 16.8 Å². The Hall–Kier alpha value is -3.59. The van der Waals surface area contributed by atoms with Gasteiger partial charge in [-0.3, -0.25) is 0 Å². The van der Waals surface area contributed by atoms with Crippen LogP contribution >= 0.6 is 0 Å². The highest BCUT2D eigenvalue weighted by molar-refractivity contribution is 5.99. The topological polar surface area (TPSA) is 76.1 Å². The van der Waals surface area contributed by atoms with Gasteiger partial charge in [-0.1, -0.05) is 24.6 Å². The number of nitrogens with zero attached hydrogens (tertiary/aromatic N) is 6. The molecule has 0 saturated carbocycles. The summed E-state index contributed by atoms with van der Waals surface area (Å²) in [7, 11) is 0. The highest BCUT2D eigenvalue weighted by atomic mass is 19.1. The Morgan fingerprint density at radius 1 is 0.833 bits per heavy atom. The van der Waals surface area contributed by atoms with Crippen LogP contribution in [0, 0.1) is 11.6 Å². The van der Waals surface area contributed by atoms with Gasteiger partial charge >= 0.3 is 0 Å². The fourth-order valence-corrected chi connectivity index (χ4v) is 5.51. The fraction of sp³-hybridized carbons (Fsp3) is 0.370. The zero-order chi connectivity index (χ0) is 24.6. The Bertz CT molecular complexity index is 1390. The first-order valence-corrected chi connectivity index (χ1v) is 12.6. The Kier molecular flexibility index (Phi) is 6.00. The number of likely N-dealkylation sites (tertiary alicyclic amines) is 1. The van der Waals surface area contributed by atoms with Gasteiger partial charge in [0.25, 0.3) is 0 Å². The number of nitrogen functional groups attached to an aromatic ring is 1. The van der Waals surface area contributed by atoms with Crippen molar-refractivity contribution in [3.63, 3.8) is 0 Å². The zero-order valence-electron chi connectivity index (χ0n) is 20.1. The van der Waals surface area contributed by atoms with E-state index >= 15 is 0 Å². The molecule has 0 spiro atoms. The van der Waals surface area contributed by atoms with Gasteiger partial charge in [-0.25, -0.2) is 18.4 Å². The molecule has 2 N–H and O–H groups in total. The minimum Gasteiger partial charge on any atom is -0.383 e. The van der Waals surface area contributed by atoms with E-state index in [1.54, 1.807) is 24.3 Å². The summed E-state index contributed by atoms with van der Waals surface area (Å²) in [6.07, 6.45) is 6.00. The number of fused-ring (bicyclic) bond motifs is 1. The average molecular weight is 490 g/mol. The molecule has 2 aromatic carbocycles. The van der Waals surface area contributed by atoms with Crippen LogP contribution in [0.25, 0.3) is 28.0 Å². The van der Waals surface area contributed by atoms with E-state index in [9.17, 15) is 8.78 Å². The fourth-order valence-electron chi connectivity index (χ4n) is 5.51. The molecule has 0 aliphatic carbocycles. The van der Waals surface area contributed by atoms with Gasteiger partial charge in [-0.05, 0) is 69.1 Å². The van der Waals surface area contributed by atoms with Crippen molar-refractivity contribution in [2.45, 2.75) is 38.1 Å². The predicted octanol–water partition coefficient (Wildman–Crippen LogP) is 4.80. The van der Waals surface area contributed by atoms with E-state index in [-0.39, 0.29) is 17.5 Å². The van der Waals surface area contributed by atoms with Crippen molar-refractivity contribution in [2.24, 2.45) is 0 Å². The predicted molar refractivity (Wildman–Crippen MR) is 137 cm³/mol. The highest BCUT2D eigenvalue weighted by Crippen LogP contribution is 2.34. The van der Waals surface area contributed by atoms with Gasteiger partial charge in [0, 0.05) is 24.7 Å². The molecular formula is C27H29F2N7. The van der Waals surface area contributed by atoms with E-state index in [0.717, 1.165) is 25.9 Å². The first kappa shape index (κ1) is 22.8. The van der Waals surface area contributed by atoms with Crippen LogP contribution in [0.5, 0.6) is 0 Å². The molecule has 4 heterocycles. The summed E-state index contributed by atoms with van der Waals surface area (Å²) >= 11 is 0. The minimum absolute atomic E-state index is 0.283. The molecule has 2 aliphatic rings. The van der Waals surface area contributed by atoms with Gasteiger partial charge < -0.3 is 15.5 Å². The third-order valence-corrected chi connectivity index (χ3v) is 7.36. The Labute approximate surface area is 208 Å². The molecule has 36 heavy (non-hydrogen) atoms. The van der Waals surface area contributed by atoms with Crippen molar-refractivity contribution >= 4 is 22.8 Å². The van der Waals surface area contributed by atoms with Crippen LogP contribution in [-0.4, -0.2) is 56.9 Å². The van der Waals surface area contributed by atoms with Crippen molar-refractivity contribution < 1.29 is 8.78 Å². The van der Waals surface area contributed by atoms with Gasteiger partial charge in [0.15, 0.2) is 5.65 Å². The van der Waals surface area contributed by atoms with E-state index < -0.39 is 0 Å². The number of anilines is 2. The van der Waals surface area contributed by atoms with Crippen LogP contribution in [0.2, 0.25) is 0 Å². The number of halogens is 2. The highest BCUT2D eigenvalue weighted by Gasteiger charge is 2.28. The number of aromatic nitrogens is 4. The molecule has 0 bridgehead atoms. The molecule has 7 nitrogen and oxygen atoms in total. The van der Waals surface area contributed by atoms with Crippen LogP contribution in [0.4, 0.5) is 20.5 Å². The van der Waals surface area contributed by atoms with Gasteiger partial charge in [0.1, 0.15) is 17.5 Å². The van der Waals surface area contributed by atoms with E-state index in [2.05, 4.69) is 14.9 Å².